The van der Waals surface area contributed by atoms with E-state index in [1.165, 1.54) is 82.5 Å². The van der Waals surface area contributed by atoms with Crippen molar-refractivity contribution >= 4 is 17.9 Å². The molecule has 1 saturated heterocycles. The number of imide groups is 1. The molecule has 0 aromatic heterocycles. The summed E-state index contributed by atoms with van der Waals surface area (Å²) in [6.45, 7) is 5.29. The van der Waals surface area contributed by atoms with Crippen LogP contribution in [0.25, 0.3) is 0 Å². The minimum atomic E-state index is -1.75. The number of nitrogens with two attached hydrogens (primary N) is 1. The summed E-state index contributed by atoms with van der Waals surface area (Å²) in [5, 5.41) is 32.7. The molecule has 6 atom stereocenters. The third kappa shape index (κ3) is 16.2. The number of benzene rings is 1. The number of hydrogen-bond donors (Lipinski definition) is 4. The number of unbranched alkanes of at least 4 members (excludes halogenated alkanes) is 17. The molecule has 1 aliphatic rings. The Balaban J connectivity index is 2.27. The summed E-state index contributed by atoms with van der Waals surface area (Å²) in [6.07, 6.45) is 14.0. The first-order valence-corrected chi connectivity index (χ1v) is 20.4. The lowest BCUT2D eigenvalue weighted by Gasteiger charge is -2.49. The summed E-state index contributed by atoms with van der Waals surface area (Å²) in [7, 11) is 0. The molecule has 52 heavy (non-hydrogen) atoms. The van der Waals surface area contributed by atoms with E-state index < -0.39 is 55.2 Å². The molecular formula is C41H71N3O8. The molecular weight excluding hydrogens is 662 g/mol. The number of rotatable bonds is 27. The standard InChI is InChI=1S/C41H71N3O8/c1-4-6-8-10-12-14-16-18-20-25-29-43(35(46)28-24-19-17-15-13-11-9-7-5-2)40-36(38(48)37(47)34(30-45)52-40)44(39(49)32(3)42)41(50)51-31-33-26-22-21-23-27-33/h21-23,26-27,32,34,36-38,40,45,47-48H,4-20,24-25,28-31,42H2,1-3H3/t32-,34+,36+,37-,38+,40+/m0/s1. The molecule has 11 heteroatoms. The second-order valence-corrected chi connectivity index (χ2v) is 14.6. The van der Waals surface area contributed by atoms with Crippen LogP contribution in [-0.2, 0) is 25.7 Å². The molecule has 5 N–H and O–H groups in total. The van der Waals surface area contributed by atoms with E-state index in [2.05, 4.69) is 13.8 Å². The first-order chi connectivity index (χ1) is 25.2. The Morgan fingerprint density at radius 1 is 0.769 bits per heavy atom. The maximum atomic E-state index is 14.1. The lowest BCUT2D eigenvalue weighted by atomic mass is 9.93. The molecule has 0 radical (unpaired) electrons. The fraction of sp³-hybridized carbons (Fsp3) is 0.780. The van der Waals surface area contributed by atoms with Crippen LogP contribution < -0.4 is 5.73 Å². The molecule has 3 amide bonds. The van der Waals surface area contributed by atoms with Crippen LogP contribution in [0.3, 0.4) is 0 Å². The van der Waals surface area contributed by atoms with Crippen molar-refractivity contribution in [3.05, 3.63) is 35.9 Å². The summed E-state index contributed by atoms with van der Waals surface area (Å²) in [4.78, 5) is 43.6. The van der Waals surface area contributed by atoms with Crippen molar-refractivity contribution < 1.29 is 39.2 Å². The molecule has 0 saturated carbocycles. The number of carbonyl (C=O) groups excluding carboxylic acids is 3. The van der Waals surface area contributed by atoms with Crippen LogP contribution >= 0.6 is 0 Å². The number of aliphatic hydroxyl groups excluding tert-OH is 3. The van der Waals surface area contributed by atoms with Gasteiger partial charge < -0.3 is 35.4 Å². The van der Waals surface area contributed by atoms with Gasteiger partial charge in [0.1, 0.15) is 31.0 Å². The minimum Gasteiger partial charge on any atom is -0.444 e. The summed E-state index contributed by atoms with van der Waals surface area (Å²) >= 11 is 0. The third-order valence-corrected chi connectivity index (χ3v) is 10.1. The van der Waals surface area contributed by atoms with Crippen LogP contribution in [-0.4, -0.2) is 92.8 Å². The van der Waals surface area contributed by atoms with Gasteiger partial charge in [-0.1, -0.05) is 153 Å². The van der Waals surface area contributed by atoms with Crippen molar-refractivity contribution in [2.75, 3.05) is 13.2 Å². The van der Waals surface area contributed by atoms with Crippen molar-refractivity contribution in [3.8, 4) is 0 Å². The predicted molar refractivity (Wildman–Crippen MR) is 204 cm³/mol. The van der Waals surface area contributed by atoms with Gasteiger partial charge in [0.2, 0.25) is 11.8 Å². The number of hydrogen-bond acceptors (Lipinski definition) is 9. The number of aliphatic hydroxyl groups is 3. The van der Waals surface area contributed by atoms with Crippen molar-refractivity contribution in [2.45, 2.75) is 192 Å². The Bertz CT molecular complexity index is 1110. The maximum absolute atomic E-state index is 14.1. The molecule has 1 fully saturated rings. The fourth-order valence-corrected chi connectivity index (χ4v) is 6.88. The van der Waals surface area contributed by atoms with Gasteiger partial charge in [-0.05, 0) is 25.3 Å². The number of carbonyl (C=O) groups is 3. The molecule has 2 rings (SSSR count). The van der Waals surface area contributed by atoms with Gasteiger partial charge in [0.25, 0.3) is 0 Å². The average Bonchev–Trinajstić information content (AvgIpc) is 3.14. The minimum absolute atomic E-state index is 0.154. The molecule has 1 aliphatic heterocycles. The Hall–Kier alpha value is -2.57. The van der Waals surface area contributed by atoms with E-state index in [1.807, 2.05) is 6.07 Å². The Morgan fingerprint density at radius 3 is 1.77 bits per heavy atom. The summed E-state index contributed by atoms with van der Waals surface area (Å²) < 4.78 is 11.7. The Kier molecular flexibility index (Phi) is 23.7. The number of nitrogens with zero attached hydrogens (tertiary/aromatic N) is 2. The molecule has 0 unspecified atom stereocenters. The predicted octanol–water partition coefficient (Wildman–Crippen LogP) is 6.98. The van der Waals surface area contributed by atoms with Crippen molar-refractivity contribution in [1.29, 1.82) is 0 Å². The highest BCUT2D eigenvalue weighted by Gasteiger charge is 2.53. The zero-order valence-corrected chi connectivity index (χ0v) is 32.5. The SMILES string of the molecule is CCCCCCCCCCCCN(C(=O)CCCCCCCCCCC)[C@@H]1O[C@H](CO)[C@H](O)[C@H](O)[C@H]1N(C(=O)OCc1ccccc1)C(=O)[C@H](C)N. The molecule has 298 valence electrons. The molecule has 0 spiro atoms. The van der Waals surface area contributed by atoms with Gasteiger partial charge in [-0.25, -0.2) is 9.69 Å². The zero-order valence-electron chi connectivity index (χ0n) is 32.5. The second-order valence-electron chi connectivity index (χ2n) is 14.6. The second kappa shape index (κ2) is 27.1. The van der Waals surface area contributed by atoms with Gasteiger partial charge in [-0.3, -0.25) is 9.59 Å². The van der Waals surface area contributed by atoms with Crippen LogP contribution in [0, 0.1) is 0 Å². The van der Waals surface area contributed by atoms with Gasteiger partial charge in [0.05, 0.1) is 12.6 Å². The van der Waals surface area contributed by atoms with Crippen molar-refractivity contribution in [1.82, 2.24) is 9.80 Å². The van der Waals surface area contributed by atoms with Gasteiger partial charge >= 0.3 is 6.09 Å². The molecule has 1 aromatic carbocycles. The monoisotopic (exact) mass is 734 g/mol. The smallest absolute Gasteiger partial charge is 0.417 e. The van der Waals surface area contributed by atoms with E-state index in [-0.39, 0.29) is 25.5 Å². The quantitative estimate of drug-likeness (QED) is 0.0699. The first kappa shape index (κ1) is 45.6. The number of ether oxygens (including phenoxy) is 2. The maximum Gasteiger partial charge on any atom is 0.417 e. The van der Waals surface area contributed by atoms with E-state index in [0.29, 0.717) is 23.3 Å². The van der Waals surface area contributed by atoms with E-state index >= 15 is 0 Å². The van der Waals surface area contributed by atoms with E-state index in [4.69, 9.17) is 15.2 Å². The highest BCUT2D eigenvalue weighted by molar-refractivity contribution is 5.95. The summed E-state index contributed by atoms with van der Waals surface area (Å²) in [6, 6.07) is 6.24. The summed E-state index contributed by atoms with van der Waals surface area (Å²) in [5.41, 5.74) is 6.69. The number of amides is 3. The summed E-state index contributed by atoms with van der Waals surface area (Å²) in [5.74, 6) is -1.09. The molecule has 11 nitrogen and oxygen atoms in total. The first-order valence-electron chi connectivity index (χ1n) is 20.4. The fourth-order valence-electron chi connectivity index (χ4n) is 6.88. The Labute approximate surface area is 313 Å². The van der Waals surface area contributed by atoms with Crippen molar-refractivity contribution in [2.24, 2.45) is 5.73 Å². The zero-order chi connectivity index (χ0) is 38.1. The lowest BCUT2D eigenvalue weighted by molar-refractivity contribution is -0.244. The van der Waals surface area contributed by atoms with Gasteiger partial charge in [0.15, 0.2) is 6.23 Å². The third-order valence-electron chi connectivity index (χ3n) is 10.1. The molecule has 0 aliphatic carbocycles. The van der Waals surface area contributed by atoms with E-state index in [1.54, 1.807) is 24.3 Å². The van der Waals surface area contributed by atoms with Crippen LogP contribution in [0.4, 0.5) is 4.79 Å². The topological polar surface area (TPSA) is 163 Å². The normalized spacial score (nSPS) is 20.7. The molecule has 0 bridgehead atoms. The lowest BCUT2D eigenvalue weighted by Crippen LogP contribution is -2.71. The van der Waals surface area contributed by atoms with Crippen LogP contribution in [0.5, 0.6) is 0 Å². The molecule has 1 heterocycles. The van der Waals surface area contributed by atoms with Crippen LogP contribution in [0.2, 0.25) is 0 Å². The highest BCUT2D eigenvalue weighted by atomic mass is 16.6. The highest BCUT2D eigenvalue weighted by Crippen LogP contribution is 2.30. The van der Waals surface area contributed by atoms with E-state index in [0.717, 1.165) is 38.5 Å². The largest absolute Gasteiger partial charge is 0.444 e. The van der Waals surface area contributed by atoms with Crippen LogP contribution in [0.1, 0.15) is 155 Å². The van der Waals surface area contributed by atoms with E-state index in [9.17, 15) is 29.7 Å². The van der Waals surface area contributed by atoms with Gasteiger partial charge in [-0.2, -0.15) is 0 Å². The Morgan fingerprint density at radius 2 is 1.27 bits per heavy atom. The average molecular weight is 734 g/mol. The van der Waals surface area contributed by atoms with Crippen LogP contribution in [0.15, 0.2) is 30.3 Å². The van der Waals surface area contributed by atoms with Gasteiger partial charge in [-0.15, -0.1) is 0 Å². The van der Waals surface area contributed by atoms with Gasteiger partial charge in [0, 0.05) is 13.0 Å². The molecule has 1 aromatic rings. The van der Waals surface area contributed by atoms with Crippen molar-refractivity contribution in [3.63, 3.8) is 0 Å².